The lowest BCUT2D eigenvalue weighted by Crippen LogP contribution is -2.50. The van der Waals surface area contributed by atoms with Gasteiger partial charge in [0, 0.05) is 25.1 Å². The van der Waals surface area contributed by atoms with E-state index in [1.54, 1.807) is 0 Å². The number of unbranched alkanes of at least 4 members (excludes halogenated alkanes) is 2. The van der Waals surface area contributed by atoms with Gasteiger partial charge in [-0.3, -0.25) is 4.90 Å². The van der Waals surface area contributed by atoms with Gasteiger partial charge in [0.1, 0.15) is 12.7 Å². The molecule has 1 aromatic carbocycles. The number of nitrogens with zero attached hydrogens (tertiary/aromatic N) is 1. The molecule has 0 radical (unpaired) electrons. The van der Waals surface area contributed by atoms with Crippen molar-refractivity contribution in [2.75, 3.05) is 39.5 Å². The third-order valence-electron chi connectivity index (χ3n) is 5.69. The van der Waals surface area contributed by atoms with Crippen molar-refractivity contribution in [2.24, 2.45) is 5.41 Å². The van der Waals surface area contributed by atoms with Crippen molar-refractivity contribution in [1.82, 2.24) is 4.90 Å². The van der Waals surface area contributed by atoms with Gasteiger partial charge in [-0.15, -0.1) is 0 Å². The molecule has 146 valence electrons. The summed E-state index contributed by atoms with van der Waals surface area (Å²) >= 11 is 0. The van der Waals surface area contributed by atoms with Crippen LogP contribution in [0.25, 0.3) is 0 Å². The molecule has 2 aliphatic heterocycles. The SMILES string of the molecule is CCCCCC1(COCC)CCCN(CC2COc3ccccc3O2)C1. The molecule has 1 saturated heterocycles. The largest absolute Gasteiger partial charge is 0.486 e. The van der Waals surface area contributed by atoms with E-state index in [-0.39, 0.29) is 6.10 Å². The first-order valence-electron chi connectivity index (χ1n) is 10.4. The fourth-order valence-corrected chi connectivity index (χ4v) is 4.37. The van der Waals surface area contributed by atoms with Crippen LogP contribution < -0.4 is 9.47 Å². The van der Waals surface area contributed by atoms with E-state index in [4.69, 9.17) is 14.2 Å². The van der Waals surface area contributed by atoms with E-state index < -0.39 is 0 Å². The van der Waals surface area contributed by atoms with E-state index in [1.807, 2.05) is 24.3 Å². The molecule has 26 heavy (non-hydrogen) atoms. The monoisotopic (exact) mass is 361 g/mol. The van der Waals surface area contributed by atoms with Gasteiger partial charge in [0.25, 0.3) is 0 Å². The fourth-order valence-electron chi connectivity index (χ4n) is 4.37. The van der Waals surface area contributed by atoms with Crippen molar-refractivity contribution in [3.05, 3.63) is 24.3 Å². The summed E-state index contributed by atoms with van der Waals surface area (Å²) in [5.74, 6) is 1.75. The summed E-state index contributed by atoms with van der Waals surface area (Å²) in [5, 5.41) is 0. The number of rotatable bonds is 9. The van der Waals surface area contributed by atoms with Crippen molar-refractivity contribution < 1.29 is 14.2 Å². The van der Waals surface area contributed by atoms with Gasteiger partial charge in [-0.1, -0.05) is 38.3 Å². The molecule has 2 aliphatic rings. The van der Waals surface area contributed by atoms with Crippen LogP contribution in [-0.2, 0) is 4.74 Å². The minimum Gasteiger partial charge on any atom is -0.486 e. The second kappa shape index (κ2) is 9.61. The number of benzene rings is 1. The van der Waals surface area contributed by atoms with Crippen LogP contribution in [0.5, 0.6) is 11.5 Å². The van der Waals surface area contributed by atoms with Crippen molar-refractivity contribution in [1.29, 1.82) is 0 Å². The number of fused-ring (bicyclic) bond motifs is 1. The second-order valence-electron chi connectivity index (χ2n) is 7.93. The van der Waals surface area contributed by atoms with Gasteiger partial charge in [0.2, 0.25) is 0 Å². The molecule has 4 nitrogen and oxygen atoms in total. The van der Waals surface area contributed by atoms with E-state index in [9.17, 15) is 0 Å². The predicted octanol–water partition coefficient (Wildman–Crippen LogP) is 4.53. The molecule has 0 saturated carbocycles. The van der Waals surface area contributed by atoms with Gasteiger partial charge in [0.15, 0.2) is 11.5 Å². The summed E-state index contributed by atoms with van der Waals surface area (Å²) in [7, 11) is 0. The summed E-state index contributed by atoms with van der Waals surface area (Å²) in [6.45, 7) is 9.95. The van der Waals surface area contributed by atoms with Crippen LogP contribution in [0.1, 0.15) is 52.4 Å². The van der Waals surface area contributed by atoms with Crippen molar-refractivity contribution in [3.63, 3.8) is 0 Å². The highest BCUT2D eigenvalue weighted by Crippen LogP contribution is 2.37. The molecule has 1 aromatic rings. The first-order valence-corrected chi connectivity index (χ1v) is 10.4. The Kier molecular flexibility index (Phi) is 7.21. The molecule has 1 fully saturated rings. The van der Waals surface area contributed by atoms with E-state index in [0.717, 1.165) is 44.3 Å². The van der Waals surface area contributed by atoms with Gasteiger partial charge >= 0.3 is 0 Å². The third-order valence-corrected chi connectivity index (χ3v) is 5.69. The van der Waals surface area contributed by atoms with Gasteiger partial charge < -0.3 is 14.2 Å². The van der Waals surface area contributed by atoms with Crippen LogP contribution in [0.15, 0.2) is 24.3 Å². The van der Waals surface area contributed by atoms with Gasteiger partial charge in [0.05, 0.1) is 6.61 Å². The molecule has 3 rings (SSSR count). The average Bonchev–Trinajstić information content (AvgIpc) is 2.67. The number of ether oxygens (including phenoxy) is 3. The summed E-state index contributed by atoms with van der Waals surface area (Å²) < 4.78 is 18.0. The summed E-state index contributed by atoms with van der Waals surface area (Å²) in [4.78, 5) is 2.58. The van der Waals surface area contributed by atoms with E-state index in [2.05, 4.69) is 18.7 Å². The minimum atomic E-state index is 0.114. The summed E-state index contributed by atoms with van der Waals surface area (Å²) in [6.07, 6.45) is 7.85. The zero-order valence-electron chi connectivity index (χ0n) is 16.5. The Bertz CT molecular complexity index is 550. The minimum absolute atomic E-state index is 0.114. The summed E-state index contributed by atoms with van der Waals surface area (Å²) in [6, 6.07) is 7.98. The Morgan fingerprint density at radius 3 is 2.85 bits per heavy atom. The smallest absolute Gasteiger partial charge is 0.161 e. The molecule has 0 N–H and O–H groups in total. The normalized spacial score (nSPS) is 26.0. The first-order chi connectivity index (χ1) is 12.7. The molecule has 2 atom stereocenters. The van der Waals surface area contributed by atoms with Crippen LogP contribution in [0.4, 0.5) is 0 Å². The van der Waals surface area contributed by atoms with Gasteiger partial charge in [-0.05, 0) is 44.9 Å². The number of likely N-dealkylation sites (tertiary alicyclic amines) is 1. The average molecular weight is 362 g/mol. The molecule has 0 amide bonds. The lowest BCUT2D eigenvalue weighted by Gasteiger charge is -2.44. The third kappa shape index (κ3) is 5.14. The Morgan fingerprint density at radius 2 is 2.04 bits per heavy atom. The Morgan fingerprint density at radius 1 is 1.19 bits per heavy atom. The van der Waals surface area contributed by atoms with Crippen molar-refractivity contribution in [2.45, 2.75) is 58.5 Å². The zero-order chi connectivity index (χ0) is 18.2. The van der Waals surface area contributed by atoms with Gasteiger partial charge in [-0.2, -0.15) is 0 Å². The standard InChI is InChI=1S/C22H35NO3/c1-3-5-8-12-22(18-24-4-2)13-9-14-23(17-22)15-19-16-25-20-10-6-7-11-21(20)26-19/h6-7,10-11,19H,3-5,8-9,12-18H2,1-2H3. The fraction of sp³-hybridized carbons (Fsp3) is 0.727. The Balaban J connectivity index is 1.57. The molecular formula is C22H35NO3. The number of hydrogen-bond donors (Lipinski definition) is 0. The van der Waals surface area contributed by atoms with E-state index in [1.165, 1.54) is 38.5 Å². The lowest BCUT2D eigenvalue weighted by atomic mass is 9.76. The number of hydrogen-bond acceptors (Lipinski definition) is 4. The maximum Gasteiger partial charge on any atom is 0.161 e. The summed E-state index contributed by atoms with van der Waals surface area (Å²) in [5.41, 5.74) is 0.316. The maximum absolute atomic E-state index is 6.18. The topological polar surface area (TPSA) is 30.9 Å². The van der Waals surface area contributed by atoms with Crippen LogP contribution in [0.2, 0.25) is 0 Å². The van der Waals surface area contributed by atoms with Crippen molar-refractivity contribution in [3.8, 4) is 11.5 Å². The number of para-hydroxylation sites is 2. The quantitative estimate of drug-likeness (QED) is 0.605. The Hall–Kier alpha value is -1.26. The molecule has 4 heteroatoms. The molecule has 2 unspecified atom stereocenters. The highest BCUT2D eigenvalue weighted by molar-refractivity contribution is 5.40. The van der Waals surface area contributed by atoms with Crippen molar-refractivity contribution >= 4 is 0 Å². The first kappa shape index (κ1) is 19.5. The molecule has 0 spiro atoms. The maximum atomic E-state index is 6.18. The molecule has 0 aliphatic carbocycles. The van der Waals surface area contributed by atoms with Gasteiger partial charge in [-0.25, -0.2) is 0 Å². The molecular weight excluding hydrogens is 326 g/mol. The second-order valence-corrected chi connectivity index (χ2v) is 7.93. The lowest BCUT2D eigenvalue weighted by molar-refractivity contribution is -0.0263. The van der Waals surface area contributed by atoms with Crippen LogP contribution >= 0.6 is 0 Å². The predicted molar refractivity (Wildman–Crippen MR) is 105 cm³/mol. The van der Waals surface area contributed by atoms with Crippen LogP contribution in [0.3, 0.4) is 0 Å². The highest BCUT2D eigenvalue weighted by Gasteiger charge is 2.36. The highest BCUT2D eigenvalue weighted by atomic mass is 16.6. The number of piperidine rings is 1. The molecule has 2 heterocycles. The zero-order valence-corrected chi connectivity index (χ0v) is 16.5. The molecule has 0 aromatic heterocycles. The van der Waals surface area contributed by atoms with E-state index in [0.29, 0.717) is 12.0 Å². The molecule has 0 bridgehead atoms. The van der Waals surface area contributed by atoms with E-state index >= 15 is 0 Å². The van der Waals surface area contributed by atoms with Crippen LogP contribution in [0, 0.1) is 5.41 Å². The Labute approximate surface area is 158 Å². The van der Waals surface area contributed by atoms with Crippen LogP contribution in [-0.4, -0.2) is 50.5 Å².